The van der Waals surface area contributed by atoms with Crippen LogP contribution in [0.1, 0.15) is 48.8 Å². The third-order valence-corrected chi connectivity index (χ3v) is 3.66. The molecule has 3 nitrogen and oxygen atoms in total. The van der Waals surface area contributed by atoms with Crippen molar-refractivity contribution < 1.29 is 9.84 Å². The molecule has 1 aliphatic rings. The van der Waals surface area contributed by atoms with E-state index in [2.05, 4.69) is 6.07 Å². The van der Waals surface area contributed by atoms with Crippen LogP contribution in [0.25, 0.3) is 0 Å². The molecular weight excluding hydrogens is 214 g/mol. The summed E-state index contributed by atoms with van der Waals surface area (Å²) in [6, 6.07) is 5.91. The number of aliphatic hydroxyl groups excluding tert-OH is 1. The van der Waals surface area contributed by atoms with Gasteiger partial charge >= 0.3 is 0 Å². The van der Waals surface area contributed by atoms with Crippen LogP contribution in [-0.4, -0.2) is 18.8 Å². The molecule has 1 unspecified atom stereocenters. The van der Waals surface area contributed by atoms with Gasteiger partial charge in [-0.1, -0.05) is 18.9 Å². The van der Waals surface area contributed by atoms with Gasteiger partial charge in [0.25, 0.3) is 0 Å². The summed E-state index contributed by atoms with van der Waals surface area (Å²) in [6.07, 6.45) is 4.45. The lowest BCUT2D eigenvalue weighted by Crippen LogP contribution is -2.12. The van der Waals surface area contributed by atoms with Crippen LogP contribution >= 0.6 is 0 Å². The second-order valence-electron chi connectivity index (χ2n) is 4.73. The summed E-state index contributed by atoms with van der Waals surface area (Å²) in [5.41, 5.74) is 7.63. The molecule has 0 heterocycles. The molecule has 0 bridgehead atoms. The van der Waals surface area contributed by atoms with E-state index in [4.69, 9.17) is 10.5 Å². The van der Waals surface area contributed by atoms with Gasteiger partial charge in [-0.05, 0) is 42.0 Å². The number of benzene rings is 1. The molecule has 3 heteroatoms. The van der Waals surface area contributed by atoms with E-state index in [1.54, 1.807) is 7.11 Å². The van der Waals surface area contributed by atoms with Crippen molar-refractivity contribution in [3.8, 4) is 5.75 Å². The normalized spacial score (nSPS) is 18.3. The molecule has 2 rings (SSSR count). The molecule has 1 aromatic rings. The second kappa shape index (κ2) is 5.52. The van der Waals surface area contributed by atoms with Crippen molar-refractivity contribution in [1.82, 2.24) is 0 Å². The molecule has 1 atom stereocenters. The molecule has 0 aromatic heterocycles. The van der Waals surface area contributed by atoms with Gasteiger partial charge in [-0.25, -0.2) is 0 Å². The summed E-state index contributed by atoms with van der Waals surface area (Å²) in [7, 11) is 1.70. The van der Waals surface area contributed by atoms with E-state index in [0.717, 1.165) is 11.3 Å². The molecule has 1 aromatic carbocycles. The van der Waals surface area contributed by atoms with Crippen molar-refractivity contribution in [3.63, 3.8) is 0 Å². The van der Waals surface area contributed by atoms with Crippen LogP contribution in [0.5, 0.6) is 5.75 Å². The predicted molar refractivity (Wildman–Crippen MR) is 68.2 cm³/mol. The van der Waals surface area contributed by atoms with Crippen LogP contribution in [0.4, 0.5) is 0 Å². The molecule has 0 saturated heterocycles. The Hall–Kier alpha value is -1.06. The monoisotopic (exact) mass is 235 g/mol. The highest BCUT2D eigenvalue weighted by Crippen LogP contribution is 2.39. The number of methoxy groups -OCH3 is 1. The van der Waals surface area contributed by atoms with Crippen LogP contribution in [0, 0.1) is 0 Å². The van der Waals surface area contributed by atoms with Crippen molar-refractivity contribution in [2.45, 2.75) is 37.7 Å². The summed E-state index contributed by atoms with van der Waals surface area (Å²) in [5, 5.41) is 9.79. The summed E-state index contributed by atoms with van der Waals surface area (Å²) < 4.78 is 5.41. The number of hydrogen-bond donors (Lipinski definition) is 2. The summed E-state index contributed by atoms with van der Waals surface area (Å²) in [5.74, 6) is 1.51. The van der Waals surface area contributed by atoms with Crippen molar-refractivity contribution in [2.24, 2.45) is 5.73 Å². The highest BCUT2D eigenvalue weighted by molar-refractivity contribution is 5.41. The summed E-state index contributed by atoms with van der Waals surface area (Å²) in [4.78, 5) is 0. The maximum atomic E-state index is 9.79. The Morgan fingerprint density at radius 2 is 2.12 bits per heavy atom. The lowest BCUT2D eigenvalue weighted by atomic mass is 9.93. The zero-order chi connectivity index (χ0) is 12.3. The zero-order valence-electron chi connectivity index (χ0n) is 10.4. The van der Waals surface area contributed by atoms with Crippen LogP contribution in [0.2, 0.25) is 0 Å². The second-order valence-corrected chi connectivity index (χ2v) is 4.73. The average Bonchev–Trinajstić information content (AvgIpc) is 2.90. The molecule has 0 spiro atoms. The first-order valence-corrected chi connectivity index (χ1v) is 6.32. The van der Waals surface area contributed by atoms with Crippen molar-refractivity contribution in [3.05, 3.63) is 29.3 Å². The van der Waals surface area contributed by atoms with Crippen molar-refractivity contribution >= 4 is 0 Å². The lowest BCUT2D eigenvalue weighted by molar-refractivity contribution is 0.186. The Morgan fingerprint density at radius 1 is 1.41 bits per heavy atom. The molecule has 1 fully saturated rings. The maximum absolute atomic E-state index is 9.79. The van der Waals surface area contributed by atoms with Crippen molar-refractivity contribution in [1.29, 1.82) is 0 Å². The minimum Gasteiger partial charge on any atom is -0.496 e. The minimum absolute atomic E-state index is 0.260. The highest BCUT2D eigenvalue weighted by Gasteiger charge is 2.21. The fourth-order valence-corrected chi connectivity index (χ4v) is 2.65. The van der Waals surface area contributed by atoms with E-state index in [1.807, 2.05) is 12.1 Å². The number of hydrogen-bond acceptors (Lipinski definition) is 3. The molecule has 0 aliphatic heterocycles. The Morgan fingerprint density at radius 3 is 2.71 bits per heavy atom. The van der Waals surface area contributed by atoms with Gasteiger partial charge in [0.1, 0.15) is 5.75 Å². The zero-order valence-corrected chi connectivity index (χ0v) is 10.4. The highest BCUT2D eigenvalue weighted by atomic mass is 16.5. The fourth-order valence-electron chi connectivity index (χ4n) is 2.65. The average molecular weight is 235 g/mol. The van der Waals surface area contributed by atoms with E-state index >= 15 is 0 Å². The van der Waals surface area contributed by atoms with E-state index in [-0.39, 0.29) is 6.54 Å². The van der Waals surface area contributed by atoms with Gasteiger partial charge in [-0.15, -0.1) is 0 Å². The maximum Gasteiger partial charge on any atom is 0.122 e. The Labute approximate surface area is 103 Å². The fraction of sp³-hybridized carbons (Fsp3) is 0.571. The van der Waals surface area contributed by atoms with Gasteiger partial charge in [0, 0.05) is 6.54 Å². The predicted octanol–water partition coefficient (Wildman–Crippen LogP) is 2.34. The molecule has 3 N–H and O–H groups in total. The first-order chi connectivity index (χ1) is 8.26. The van der Waals surface area contributed by atoms with E-state index in [9.17, 15) is 5.11 Å². The van der Waals surface area contributed by atoms with E-state index < -0.39 is 6.10 Å². The molecular formula is C14H21NO2. The number of nitrogens with two attached hydrogens (primary N) is 1. The molecule has 17 heavy (non-hydrogen) atoms. The third kappa shape index (κ3) is 2.61. The Balaban J connectivity index is 2.32. The van der Waals surface area contributed by atoms with Crippen LogP contribution in [0.3, 0.4) is 0 Å². The summed E-state index contributed by atoms with van der Waals surface area (Å²) in [6.45, 7) is 0.260. The molecule has 94 valence electrons. The number of aliphatic hydroxyl groups is 1. The van der Waals surface area contributed by atoms with E-state index in [1.165, 1.54) is 31.2 Å². The quantitative estimate of drug-likeness (QED) is 0.842. The molecule has 0 radical (unpaired) electrons. The SMILES string of the molecule is COc1ccc(C(O)CN)cc1C1CCCC1. The Kier molecular flexibility index (Phi) is 4.02. The minimum atomic E-state index is -0.568. The van der Waals surface area contributed by atoms with Crippen LogP contribution in [-0.2, 0) is 0 Å². The van der Waals surface area contributed by atoms with Crippen molar-refractivity contribution in [2.75, 3.05) is 13.7 Å². The number of rotatable bonds is 4. The van der Waals surface area contributed by atoms with E-state index in [0.29, 0.717) is 5.92 Å². The standard InChI is InChI=1S/C14H21NO2/c1-17-14-7-6-11(13(16)9-15)8-12(14)10-4-2-3-5-10/h6-8,10,13,16H,2-5,9,15H2,1H3. The Bertz CT molecular complexity index is 372. The number of ether oxygens (including phenoxy) is 1. The largest absolute Gasteiger partial charge is 0.496 e. The third-order valence-electron chi connectivity index (χ3n) is 3.66. The molecule has 0 amide bonds. The summed E-state index contributed by atoms with van der Waals surface area (Å²) >= 11 is 0. The van der Waals surface area contributed by atoms with Gasteiger partial charge < -0.3 is 15.6 Å². The van der Waals surface area contributed by atoms with Gasteiger partial charge in [0.05, 0.1) is 13.2 Å². The smallest absolute Gasteiger partial charge is 0.122 e. The first-order valence-electron chi connectivity index (χ1n) is 6.32. The molecule has 1 saturated carbocycles. The topological polar surface area (TPSA) is 55.5 Å². The van der Waals surface area contributed by atoms with Crippen LogP contribution < -0.4 is 10.5 Å². The van der Waals surface area contributed by atoms with Gasteiger partial charge in [-0.2, -0.15) is 0 Å². The van der Waals surface area contributed by atoms with Gasteiger partial charge in [0.15, 0.2) is 0 Å². The molecule has 1 aliphatic carbocycles. The first kappa shape index (κ1) is 12.4. The lowest BCUT2D eigenvalue weighted by Gasteiger charge is -2.17. The van der Waals surface area contributed by atoms with Crippen LogP contribution in [0.15, 0.2) is 18.2 Å². The van der Waals surface area contributed by atoms with Gasteiger partial charge in [-0.3, -0.25) is 0 Å². The van der Waals surface area contributed by atoms with Gasteiger partial charge in [0.2, 0.25) is 0 Å².